The van der Waals surface area contributed by atoms with Crippen LogP contribution in [-0.2, 0) is 9.47 Å². The van der Waals surface area contributed by atoms with Crippen molar-refractivity contribution in [1.82, 2.24) is 15.3 Å². The van der Waals surface area contributed by atoms with E-state index < -0.39 is 0 Å². The Morgan fingerprint density at radius 1 is 1.21 bits per heavy atom. The molecule has 3 heterocycles. The largest absolute Gasteiger partial charge is 0.378 e. The molecule has 2 fully saturated rings. The average Bonchev–Trinajstić information content (AvgIpc) is 3.17. The van der Waals surface area contributed by atoms with E-state index in [9.17, 15) is 0 Å². The summed E-state index contributed by atoms with van der Waals surface area (Å²) >= 11 is 0. The van der Waals surface area contributed by atoms with Crippen molar-refractivity contribution in [3.8, 4) is 0 Å². The number of methoxy groups -OCH3 is 1. The molecular formula is C21H30N6O2. The van der Waals surface area contributed by atoms with E-state index >= 15 is 0 Å². The number of benzene rings is 1. The minimum absolute atomic E-state index is 0.0797. The lowest BCUT2D eigenvalue weighted by molar-refractivity contribution is 0.0938. The smallest absolute Gasteiger partial charge is 0.221 e. The van der Waals surface area contributed by atoms with E-state index in [0.717, 1.165) is 45.2 Å². The van der Waals surface area contributed by atoms with E-state index in [-0.39, 0.29) is 18.2 Å². The molecule has 0 radical (unpaired) electrons. The molecule has 2 saturated heterocycles. The van der Waals surface area contributed by atoms with Gasteiger partial charge in [0.2, 0.25) is 5.95 Å². The summed E-state index contributed by atoms with van der Waals surface area (Å²) < 4.78 is 11.2. The summed E-state index contributed by atoms with van der Waals surface area (Å²) in [7, 11) is 1.76. The van der Waals surface area contributed by atoms with Crippen molar-refractivity contribution in [1.29, 1.82) is 0 Å². The van der Waals surface area contributed by atoms with Crippen LogP contribution in [0.15, 0.2) is 36.5 Å². The maximum atomic E-state index is 5.76. The van der Waals surface area contributed by atoms with Crippen LogP contribution in [-0.4, -0.2) is 68.6 Å². The maximum Gasteiger partial charge on any atom is 0.221 e. The molecule has 1 unspecified atom stereocenters. The van der Waals surface area contributed by atoms with E-state index in [1.54, 1.807) is 13.3 Å². The van der Waals surface area contributed by atoms with Gasteiger partial charge in [-0.1, -0.05) is 12.1 Å². The zero-order valence-corrected chi connectivity index (χ0v) is 17.1. The Balaban J connectivity index is 1.44. The Morgan fingerprint density at radius 2 is 2.03 bits per heavy atom. The Morgan fingerprint density at radius 3 is 2.79 bits per heavy atom. The van der Waals surface area contributed by atoms with Crippen molar-refractivity contribution in [2.45, 2.75) is 25.1 Å². The highest BCUT2D eigenvalue weighted by molar-refractivity contribution is 5.49. The lowest BCUT2D eigenvalue weighted by Gasteiger charge is -2.30. The normalized spacial score (nSPS) is 23.4. The predicted octanol–water partition coefficient (Wildman–Crippen LogP) is 1.45. The number of nitrogens with one attached hydrogen (secondary N) is 1. The Hall–Kier alpha value is -2.42. The molecule has 0 aliphatic carbocycles. The van der Waals surface area contributed by atoms with Crippen molar-refractivity contribution in [2.24, 2.45) is 0 Å². The van der Waals surface area contributed by atoms with Gasteiger partial charge in [0, 0.05) is 51.2 Å². The summed E-state index contributed by atoms with van der Waals surface area (Å²) in [5.41, 5.74) is 8.28. The van der Waals surface area contributed by atoms with Gasteiger partial charge in [0.05, 0.1) is 25.4 Å². The van der Waals surface area contributed by atoms with Crippen molar-refractivity contribution in [2.75, 3.05) is 62.0 Å². The van der Waals surface area contributed by atoms with Gasteiger partial charge < -0.3 is 30.3 Å². The number of rotatable bonds is 6. The molecule has 0 spiro atoms. The van der Waals surface area contributed by atoms with Crippen molar-refractivity contribution in [3.05, 3.63) is 42.1 Å². The summed E-state index contributed by atoms with van der Waals surface area (Å²) in [4.78, 5) is 12.9. The fourth-order valence-electron chi connectivity index (χ4n) is 4.13. The molecule has 2 aliphatic rings. The van der Waals surface area contributed by atoms with Crippen LogP contribution in [0.5, 0.6) is 0 Å². The summed E-state index contributed by atoms with van der Waals surface area (Å²) in [5, 5.41) is 3.76. The molecule has 1 aromatic heterocycles. The quantitative estimate of drug-likeness (QED) is 0.756. The third kappa shape index (κ3) is 4.60. The zero-order chi connectivity index (χ0) is 20.2. The molecular weight excluding hydrogens is 368 g/mol. The highest BCUT2D eigenvalue weighted by Gasteiger charge is 2.34. The van der Waals surface area contributed by atoms with Gasteiger partial charge in [-0.05, 0) is 30.7 Å². The number of nitrogens with two attached hydrogens (primary N) is 1. The van der Waals surface area contributed by atoms with Gasteiger partial charge in [0.15, 0.2) is 0 Å². The lowest BCUT2D eigenvalue weighted by atomic mass is 10.0. The van der Waals surface area contributed by atoms with Crippen LogP contribution in [0.3, 0.4) is 0 Å². The van der Waals surface area contributed by atoms with E-state index in [0.29, 0.717) is 5.95 Å². The predicted molar refractivity (Wildman–Crippen MR) is 114 cm³/mol. The summed E-state index contributed by atoms with van der Waals surface area (Å²) in [6.45, 7) is 7.25. The third-order valence-electron chi connectivity index (χ3n) is 5.76. The van der Waals surface area contributed by atoms with Crippen LogP contribution >= 0.6 is 0 Å². The molecule has 2 aliphatic heterocycles. The standard InChI is InChI=1S/C21H30N6O2/c1-15(16-4-3-5-17(12-16)26-8-10-29-11-9-26)24-18-13-27(14-19(18)28-2)20-6-7-23-21(22)25-20/h3-7,12,15,18-19,24H,8-11,13-14H2,1-2H3,(H2,22,23,25)/t15?,18-,19+/m0/s1. The highest BCUT2D eigenvalue weighted by Crippen LogP contribution is 2.25. The van der Waals surface area contributed by atoms with E-state index in [2.05, 4.69) is 56.3 Å². The monoisotopic (exact) mass is 398 g/mol. The third-order valence-corrected chi connectivity index (χ3v) is 5.76. The van der Waals surface area contributed by atoms with Gasteiger partial charge in [0.1, 0.15) is 5.82 Å². The summed E-state index contributed by atoms with van der Waals surface area (Å²) in [5.74, 6) is 1.13. The van der Waals surface area contributed by atoms with Crippen molar-refractivity contribution < 1.29 is 9.47 Å². The first-order valence-electron chi connectivity index (χ1n) is 10.2. The molecule has 29 heavy (non-hydrogen) atoms. The first-order valence-corrected chi connectivity index (χ1v) is 10.2. The topological polar surface area (TPSA) is 88.8 Å². The first kappa shape index (κ1) is 19.9. The van der Waals surface area contributed by atoms with E-state index in [4.69, 9.17) is 15.2 Å². The molecule has 1 aromatic carbocycles. The number of nitrogens with zero attached hydrogens (tertiary/aromatic N) is 4. The number of hydrogen-bond acceptors (Lipinski definition) is 8. The number of hydrogen-bond donors (Lipinski definition) is 2. The fourth-order valence-corrected chi connectivity index (χ4v) is 4.13. The van der Waals surface area contributed by atoms with Gasteiger partial charge >= 0.3 is 0 Å². The fraction of sp³-hybridized carbons (Fsp3) is 0.524. The summed E-state index contributed by atoms with van der Waals surface area (Å²) in [6.07, 6.45) is 1.77. The lowest BCUT2D eigenvalue weighted by Crippen LogP contribution is -2.41. The number of morpholine rings is 1. The van der Waals surface area contributed by atoms with Crippen LogP contribution in [0.4, 0.5) is 17.5 Å². The molecule has 3 N–H and O–H groups in total. The molecule has 4 rings (SSSR count). The molecule has 0 saturated carbocycles. The molecule has 8 nitrogen and oxygen atoms in total. The zero-order valence-electron chi connectivity index (χ0n) is 17.1. The van der Waals surface area contributed by atoms with Gasteiger partial charge in [-0.25, -0.2) is 4.98 Å². The number of nitrogen functional groups attached to an aromatic ring is 1. The van der Waals surface area contributed by atoms with Crippen LogP contribution < -0.4 is 20.9 Å². The molecule has 156 valence electrons. The van der Waals surface area contributed by atoms with Gasteiger partial charge in [-0.15, -0.1) is 0 Å². The Labute approximate surface area is 172 Å². The molecule has 8 heteroatoms. The molecule has 3 atom stereocenters. The maximum absolute atomic E-state index is 5.76. The van der Waals surface area contributed by atoms with Crippen LogP contribution in [0.2, 0.25) is 0 Å². The van der Waals surface area contributed by atoms with Crippen LogP contribution in [0, 0.1) is 0 Å². The minimum atomic E-state index is 0.0797. The SMILES string of the molecule is CO[C@@H]1CN(c2ccnc(N)n2)C[C@@H]1NC(C)c1cccc(N2CCOCC2)c1. The van der Waals surface area contributed by atoms with E-state index in [1.807, 2.05) is 6.07 Å². The van der Waals surface area contributed by atoms with Gasteiger partial charge in [0.25, 0.3) is 0 Å². The Bertz CT molecular complexity index is 813. The Kier molecular flexibility index (Phi) is 6.13. The number of ether oxygens (including phenoxy) is 2. The molecule has 0 amide bonds. The number of aromatic nitrogens is 2. The molecule has 2 aromatic rings. The summed E-state index contributed by atoms with van der Waals surface area (Å²) in [6, 6.07) is 11.1. The highest BCUT2D eigenvalue weighted by atomic mass is 16.5. The number of anilines is 3. The molecule has 0 bridgehead atoms. The van der Waals surface area contributed by atoms with Crippen molar-refractivity contribution in [3.63, 3.8) is 0 Å². The van der Waals surface area contributed by atoms with Crippen LogP contribution in [0.1, 0.15) is 18.5 Å². The second kappa shape index (κ2) is 8.94. The van der Waals surface area contributed by atoms with Gasteiger partial charge in [-0.3, -0.25) is 0 Å². The average molecular weight is 399 g/mol. The second-order valence-electron chi connectivity index (χ2n) is 7.64. The van der Waals surface area contributed by atoms with E-state index in [1.165, 1.54) is 11.3 Å². The van der Waals surface area contributed by atoms with Gasteiger partial charge in [-0.2, -0.15) is 4.98 Å². The van der Waals surface area contributed by atoms with Crippen molar-refractivity contribution >= 4 is 17.5 Å². The first-order chi connectivity index (χ1) is 14.1. The van der Waals surface area contributed by atoms with Crippen LogP contribution in [0.25, 0.3) is 0 Å². The second-order valence-corrected chi connectivity index (χ2v) is 7.64. The minimum Gasteiger partial charge on any atom is -0.378 e.